The monoisotopic (exact) mass is 219 g/mol. The van der Waals surface area contributed by atoms with Gasteiger partial charge in [0.1, 0.15) is 5.75 Å². The van der Waals surface area contributed by atoms with Crippen molar-refractivity contribution >= 4 is 0 Å². The van der Waals surface area contributed by atoms with Crippen molar-refractivity contribution in [3.8, 4) is 5.75 Å². The summed E-state index contributed by atoms with van der Waals surface area (Å²) < 4.78 is 5.68. The van der Waals surface area contributed by atoms with E-state index < -0.39 is 0 Å². The van der Waals surface area contributed by atoms with Crippen LogP contribution in [0.3, 0.4) is 0 Å². The maximum absolute atomic E-state index is 6.23. The van der Waals surface area contributed by atoms with E-state index in [1.807, 2.05) is 26.0 Å². The van der Waals surface area contributed by atoms with Crippen LogP contribution in [0.25, 0.3) is 0 Å². The van der Waals surface area contributed by atoms with Gasteiger partial charge in [0.05, 0.1) is 6.10 Å². The quantitative estimate of drug-likeness (QED) is 0.844. The fourth-order valence-electron chi connectivity index (χ4n) is 2.17. The Labute approximate surface area is 97.8 Å². The first kappa shape index (κ1) is 11.5. The van der Waals surface area contributed by atoms with Gasteiger partial charge in [-0.2, -0.15) is 0 Å². The first-order valence-corrected chi connectivity index (χ1v) is 6.10. The third kappa shape index (κ3) is 2.56. The Balaban J connectivity index is 2.09. The van der Waals surface area contributed by atoms with Crippen molar-refractivity contribution < 1.29 is 4.74 Å². The summed E-state index contributed by atoms with van der Waals surface area (Å²) in [5.41, 5.74) is 7.44. The molecule has 0 aromatic heterocycles. The molecule has 3 unspecified atom stereocenters. The van der Waals surface area contributed by atoms with Crippen molar-refractivity contribution in [3.05, 3.63) is 29.8 Å². The molecule has 0 amide bonds. The van der Waals surface area contributed by atoms with Crippen LogP contribution in [-0.2, 0) is 0 Å². The van der Waals surface area contributed by atoms with Crippen molar-refractivity contribution in [2.24, 2.45) is 17.6 Å². The molecule has 1 aromatic carbocycles. The van der Waals surface area contributed by atoms with Crippen LogP contribution in [0.4, 0.5) is 0 Å². The average Bonchev–Trinajstić information content (AvgIpc) is 2.94. The maximum atomic E-state index is 6.23. The maximum Gasteiger partial charge on any atom is 0.120 e. The lowest BCUT2D eigenvalue weighted by atomic mass is 10.0. The van der Waals surface area contributed by atoms with E-state index >= 15 is 0 Å². The van der Waals surface area contributed by atoms with Crippen LogP contribution in [0.2, 0.25) is 0 Å². The third-order valence-corrected chi connectivity index (χ3v) is 3.25. The molecule has 1 fully saturated rings. The molecule has 0 aliphatic heterocycles. The van der Waals surface area contributed by atoms with Gasteiger partial charge in [0, 0.05) is 6.04 Å². The van der Waals surface area contributed by atoms with Gasteiger partial charge in [0.15, 0.2) is 0 Å². The zero-order chi connectivity index (χ0) is 11.7. The normalized spacial score (nSPS) is 25.6. The van der Waals surface area contributed by atoms with Crippen molar-refractivity contribution in [2.45, 2.75) is 39.3 Å². The molecule has 1 aliphatic carbocycles. The third-order valence-electron chi connectivity index (χ3n) is 3.25. The molecule has 2 N–H and O–H groups in total. The Hall–Kier alpha value is -1.02. The van der Waals surface area contributed by atoms with E-state index in [0.29, 0.717) is 5.92 Å². The van der Waals surface area contributed by atoms with E-state index in [2.05, 4.69) is 19.1 Å². The van der Waals surface area contributed by atoms with Gasteiger partial charge in [0.2, 0.25) is 0 Å². The van der Waals surface area contributed by atoms with Gasteiger partial charge in [0.25, 0.3) is 0 Å². The van der Waals surface area contributed by atoms with Gasteiger partial charge in [-0.1, -0.05) is 19.1 Å². The summed E-state index contributed by atoms with van der Waals surface area (Å²) >= 11 is 0. The Bertz CT molecular complexity index is 362. The number of rotatable bonds is 4. The molecule has 1 aliphatic rings. The van der Waals surface area contributed by atoms with E-state index in [4.69, 9.17) is 10.5 Å². The molecular weight excluding hydrogens is 198 g/mol. The largest absolute Gasteiger partial charge is 0.491 e. The summed E-state index contributed by atoms with van der Waals surface area (Å²) in [5.74, 6) is 2.37. The molecule has 1 aromatic rings. The van der Waals surface area contributed by atoms with Crippen LogP contribution in [0.15, 0.2) is 24.3 Å². The van der Waals surface area contributed by atoms with Crippen LogP contribution in [0, 0.1) is 11.8 Å². The highest BCUT2D eigenvalue weighted by Crippen LogP contribution is 2.45. The second kappa shape index (κ2) is 4.46. The van der Waals surface area contributed by atoms with E-state index in [9.17, 15) is 0 Å². The number of nitrogens with two attached hydrogens (primary N) is 1. The average molecular weight is 219 g/mol. The first-order valence-electron chi connectivity index (χ1n) is 6.10. The molecule has 2 nitrogen and oxygen atoms in total. The Morgan fingerprint density at radius 1 is 1.38 bits per heavy atom. The zero-order valence-electron chi connectivity index (χ0n) is 10.3. The van der Waals surface area contributed by atoms with Crippen LogP contribution in [0.5, 0.6) is 5.75 Å². The fourth-order valence-corrected chi connectivity index (χ4v) is 2.17. The van der Waals surface area contributed by atoms with Gasteiger partial charge in [-0.3, -0.25) is 0 Å². The summed E-state index contributed by atoms with van der Waals surface area (Å²) in [6.45, 7) is 6.34. The molecule has 2 rings (SSSR count). The van der Waals surface area contributed by atoms with Gasteiger partial charge in [-0.25, -0.2) is 0 Å². The number of ether oxygens (including phenoxy) is 1. The second-order valence-electron chi connectivity index (χ2n) is 5.14. The molecule has 3 atom stereocenters. The molecule has 0 heterocycles. The summed E-state index contributed by atoms with van der Waals surface area (Å²) in [6.07, 6.45) is 1.47. The molecule has 0 spiro atoms. The Kier molecular flexibility index (Phi) is 3.20. The molecule has 0 radical (unpaired) electrons. The van der Waals surface area contributed by atoms with Crippen LogP contribution in [0.1, 0.15) is 38.8 Å². The molecule has 0 bridgehead atoms. The van der Waals surface area contributed by atoms with Gasteiger partial charge < -0.3 is 10.5 Å². The lowest BCUT2D eigenvalue weighted by molar-refractivity contribution is 0.242. The SMILES string of the molecule is CC(C)Oc1cccc(C(N)C2CC2C)c1. The highest BCUT2D eigenvalue weighted by Gasteiger charge is 2.38. The fraction of sp³-hybridized carbons (Fsp3) is 0.571. The predicted molar refractivity (Wildman–Crippen MR) is 66.4 cm³/mol. The minimum absolute atomic E-state index is 0.172. The summed E-state index contributed by atoms with van der Waals surface area (Å²) in [7, 11) is 0. The van der Waals surface area contributed by atoms with Crippen molar-refractivity contribution in [1.29, 1.82) is 0 Å². The van der Waals surface area contributed by atoms with Crippen molar-refractivity contribution in [1.82, 2.24) is 0 Å². The molecule has 2 heteroatoms. The molecule has 0 saturated heterocycles. The van der Waals surface area contributed by atoms with Crippen LogP contribution in [-0.4, -0.2) is 6.10 Å². The lowest BCUT2D eigenvalue weighted by Gasteiger charge is -2.14. The highest BCUT2D eigenvalue weighted by atomic mass is 16.5. The standard InChI is InChI=1S/C14H21NO/c1-9(2)16-12-6-4-5-11(8-12)14(15)13-7-10(13)3/h4-6,8-10,13-14H,7,15H2,1-3H3. The zero-order valence-corrected chi connectivity index (χ0v) is 10.3. The van der Waals surface area contributed by atoms with E-state index in [0.717, 1.165) is 11.7 Å². The smallest absolute Gasteiger partial charge is 0.120 e. The second-order valence-corrected chi connectivity index (χ2v) is 5.14. The van der Waals surface area contributed by atoms with Crippen LogP contribution < -0.4 is 10.5 Å². The minimum Gasteiger partial charge on any atom is -0.491 e. The van der Waals surface area contributed by atoms with Gasteiger partial charge in [-0.15, -0.1) is 0 Å². The summed E-state index contributed by atoms with van der Waals surface area (Å²) in [5, 5.41) is 0. The van der Waals surface area contributed by atoms with Crippen LogP contribution >= 0.6 is 0 Å². The summed E-state index contributed by atoms with van der Waals surface area (Å²) in [4.78, 5) is 0. The molecule has 88 valence electrons. The van der Waals surface area contributed by atoms with Crippen molar-refractivity contribution in [3.63, 3.8) is 0 Å². The molecular formula is C14H21NO. The number of benzene rings is 1. The minimum atomic E-state index is 0.172. The number of hydrogen-bond acceptors (Lipinski definition) is 2. The van der Waals surface area contributed by atoms with Crippen molar-refractivity contribution in [2.75, 3.05) is 0 Å². The molecule has 1 saturated carbocycles. The highest BCUT2D eigenvalue weighted by molar-refractivity contribution is 5.31. The van der Waals surface area contributed by atoms with E-state index in [1.165, 1.54) is 12.0 Å². The Morgan fingerprint density at radius 2 is 2.06 bits per heavy atom. The predicted octanol–water partition coefficient (Wildman–Crippen LogP) is 3.13. The number of hydrogen-bond donors (Lipinski definition) is 1. The Morgan fingerprint density at radius 3 is 2.62 bits per heavy atom. The van der Waals surface area contributed by atoms with Gasteiger partial charge in [-0.05, 0) is 49.8 Å². The van der Waals surface area contributed by atoms with E-state index in [-0.39, 0.29) is 12.1 Å². The lowest BCUT2D eigenvalue weighted by Crippen LogP contribution is -2.14. The van der Waals surface area contributed by atoms with E-state index in [1.54, 1.807) is 0 Å². The van der Waals surface area contributed by atoms with Gasteiger partial charge >= 0.3 is 0 Å². The molecule has 16 heavy (non-hydrogen) atoms. The first-order chi connectivity index (χ1) is 7.58. The topological polar surface area (TPSA) is 35.2 Å². The summed E-state index contributed by atoms with van der Waals surface area (Å²) in [6, 6.07) is 8.37.